The van der Waals surface area contributed by atoms with Gasteiger partial charge in [-0.25, -0.2) is 8.42 Å². The Morgan fingerprint density at radius 3 is 2.52 bits per heavy atom. The van der Waals surface area contributed by atoms with E-state index in [0.29, 0.717) is 24.6 Å². The highest BCUT2D eigenvalue weighted by atomic mass is 32.2. The van der Waals surface area contributed by atoms with Crippen LogP contribution < -0.4 is 10.1 Å². The van der Waals surface area contributed by atoms with Crippen LogP contribution in [0.25, 0.3) is 0 Å². The third-order valence-corrected chi connectivity index (χ3v) is 4.57. The van der Waals surface area contributed by atoms with E-state index < -0.39 is 10.0 Å². The zero-order chi connectivity index (χ0) is 17.5. The predicted molar refractivity (Wildman–Crippen MR) is 91.0 cm³/mol. The fraction of sp³-hybridized carbons (Fsp3) is 0.562. The topological polar surface area (TPSA) is 75.7 Å². The van der Waals surface area contributed by atoms with Crippen LogP contribution in [0.5, 0.6) is 5.75 Å². The summed E-state index contributed by atoms with van der Waals surface area (Å²) in [4.78, 5) is 11.9. The number of rotatable bonds is 9. The van der Waals surface area contributed by atoms with E-state index in [1.807, 2.05) is 38.1 Å². The first kappa shape index (κ1) is 19.4. The summed E-state index contributed by atoms with van der Waals surface area (Å²) >= 11 is 0. The van der Waals surface area contributed by atoms with Crippen molar-refractivity contribution < 1.29 is 17.9 Å². The zero-order valence-electron chi connectivity index (χ0n) is 14.2. The molecule has 1 rings (SSSR count). The van der Waals surface area contributed by atoms with E-state index in [1.54, 1.807) is 7.11 Å². The summed E-state index contributed by atoms with van der Waals surface area (Å²) < 4.78 is 30.2. The summed E-state index contributed by atoms with van der Waals surface area (Å²) in [5, 5.41) is 2.74. The highest BCUT2D eigenvalue weighted by Crippen LogP contribution is 2.18. The molecule has 1 N–H and O–H groups in total. The third-order valence-electron chi connectivity index (χ3n) is 3.32. The monoisotopic (exact) mass is 342 g/mol. The number of carbonyl (C=O) groups excluding carboxylic acids is 1. The molecule has 7 heteroatoms. The van der Waals surface area contributed by atoms with Crippen molar-refractivity contribution >= 4 is 15.9 Å². The van der Waals surface area contributed by atoms with Crippen LogP contribution in [0.1, 0.15) is 19.4 Å². The van der Waals surface area contributed by atoms with Crippen molar-refractivity contribution in [1.29, 1.82) is 0 Å². The Bertz CT molecular complexity index is 614. The molecule has 1 aromatic rings. The van der Waals surface area contributed by atoms with Gasteiger partial charge in [0.25, 0.3) is 0 Å². The molecule has 0 aliphatic carbocycles. The van der Waals surface area contributed by atoms with Gasteiger partial charge in [0.05, 0.1) is 19.9 Å². The minimum absolute atomic E-state index is 0.166. The van der Waals surface area contributed by atoms with E-state index >= 15 is 0 Å². The Kier molecular flexibility index (Phi) is 7.51. The van der Waals surface area contributed by atoms with Gasteiger partial charge in [0.15, 0.2) is 0 Å². The minimum Gasteiger partial charge on any atom is -0.496 e. The first-order chi connectivity index (χ1) is 10.7. The van der Waals surface area contributed by atoms with Crippen molar-refractivity contribution in [3.05, 3.63) is 29.8 Å². The SMILES string of the molecule is COc1ccccc1CCN(CC(=O)NCC(C)C)S(C)(=O)=O. The largest absolute Gasteiger partial charge is 0.496 e. The lowest BCUT2D eigenvalue weighted by Crippen LogP contribution is -2.42. The van der Waals surface area contributed by atoms with Crippen molar-refractivity contribution in [3.8, 4) is 5.75 Å². The number of nitrogens with one attached hydrogen (secondary N) is 1. The second-order valence-corrected chi connectivity index (χ2v) is 7.84. The second kappa shape index (κ2) is 8.88. The smallest absolute Gasteiger partial charge is 0.235 e. The molecular formula is C16H26N2O4S. The molecular weight excluding hydrogens is 316 g/mol. The Morgan fingerprint density at radius 2 is 1.96 bits per heavy atom. The molecule has 0 saturated carbocycles. The first-order valence-corrected chi connectivity index (χ1v) is 9.42. The van der Waals surface area contributed by atoms with Crippen molar-refractivity contribution in [2.45, 2.75) is 20.3 Å². The maximum atomic E-state index is 11.9. The molecule has 0 heterocycles. The normalized spacial score (nSPS) is 11.7. The van der Waals surface area contributed by atoms with E-state index in [-0.39, 0.29) is 19.0 Å². The molecule has 0 aliphatic rings. The molecule has 0 aliphatic heterocycles. The number of methoxy groups -OCH3 is 1. The number of hydrogen-bond acceptors (Lipinski definition) is 4. The van der Waals surface area contributed by atoms with Crippen molar-refractivity contribution in [2.75, 3.05) is 33.0 Å². The summed E-state index contributed by atoms with van der Waals surface area (Å²) in [6.07, 6.45) is 1.60. The zero-order valence-corrected chi connectivity index (χ0v) is 15.0. The Hall–Kier alpha value is -1.60. The lowest BCUT2D eigenvalue weighted by molar-refractivity contribution is -0.121. The van der Waals surface area contributed by atoms with Gasteiger partial charge in [-0.3, -0.25) is 4.79 Å². The summed E-state index contributed by atoms with van der Waals surface area (Å²) in [6.45, 7) is 4.56. The van der Waals surface area contributed by atoms with Gasteiger partial charge in [-0.05, 0) is 24.0 Å². The lowest BCUT2D eigenvalue weighted by atomic mass is 10.1. The summed E-state index contributed by atoms with van der Waals surface area (Å²) in [7, 11) is -1.88. The number of hydrogen-bond donors (Lipinski definition) is 1. The molecule has 0 atom stereocenters. The van der Waals surface area contributed by atoms with Crippen LogP contribution in [0.15, 0.2) is 24.3 Å². The lowest BCUT2D eigenvalue weighted by Gasteiger charge is -2.20. The van der Waals surface area contributed by atoms with Gasteiger partial charge in [-0.15, -0.1) is 0 Å². The van der Waals surface area contributed by atoms with Crippen LogP contribution >= 0.6 is 0 Å². The van der Waals surface area contributed by atoms with Gasteiger partial charge in [0, 0.05) is 13.1 Å². The first-order valence-electron chi connectivity index (χ1n) is 7.57. The van der Waals surface area contributed by atoms with Crippen molar-refractivity contribution in [3.63, 3.8) is 0 Å². The number of benzene rings is 1. The van der Waals surface area contributed by atoms with Crippen LogP contribution in [0.3, 0.4) is 0 Å². The summed E-state index contributed by atoms with van der Waals surface area (Å²) in [6, 6.07) is 7.45. The minimum atomic E-state index is -3.46. The molecule has 6 nitrogen and oxygen atoms in total. The number of nitrogens with zero attached hydrogens (tertiary/aromatic N) is 1. The highest BCUT2D eigenvalue weighted by molar-refractivity contribution is 7.88. The molecule has 0 saturated heterocycles. The average Bonchev–Trinajstić information content (AvgIpc) is 2.48. The van der Waals surface area contributed by atoms with E-state index in [0.717, 1.165) is 11.8 Å². The average molecular weight is 342 g/mol. The van der Waals surface area contributed by atoms with E-state index in [9.17, 15) is 13.2 Å². The Balaban J connectivity index is 2.71. The second-order valence-electron chi connectivity index (χ2n) is 5.86. The van der Waals surface area contributed by atoms with Crippen LogP contribution in [-0.2, 0) is 21.2 Å². The van der Waals surface area contributed by atoms with Crippen LogP contribution in [-0.4, -0.2) is 51.6 Å². The number of amides is 1. The standard InChI is InChI=1S/C16H26N2O4S/c1-13(2)11-17-16(19)12-18(23(4,20)21)10-9-14-7-5-6-8-15(14)22-3/h5-8,13H,9-12H2,1-4H3,(H,17,19). The fourth-order valence-corrected chi connectivity index (χ4v) is 2.83. The molecule has 0 bridgehead atoms. The number of carbonyl (C=O) groups is 1. The van der Waals surface area contributed by atoms with Gasteiger partial charge in [-0.1, -0.05) is 32.0 Å². The molecule has 0 unspecified atom stereocenters. The maximum Gasteiger partial charge on any atom is 0.235 e. The molecule has 0 aromatic heterocycles. The van der Waals surface area contributed by atoms with E-state index in [2.05, 4.69) is 5.32 Å². The van der Waals surface area contributed by atoms with Crippen LogP contribution in [0, 0.1) is 5.92 Å². The third kappa shape index (κ3) is 7.00. The van der Waals surface area contributed by atoms with Crippen LogP contribution in [0.2, 0.25) is 0 Å². The van der Waals surface area contributed by atoms with Gasteiger partial charge in [0.2, 0.25) is 15.9 Å². The molecule has 1 amide bonds. The molecule has 23 heavy (non-hydrogen) atoms. The van der Waals surface area contributed by atoms with Crippen molar-refractivity contribution in [1.82, 2.24) is 9.62 Å². The molecule has 0 radical (unpaired) electrons. The van der Waals surface area contributed by atoms with Gasteiger partial charge < -0.3 is 10.1 Å². The van der Waals surface area contributed by atoms with Gasteiger partial charge in [0.1, 0.15) is 5.75 Å². The molecule has 130 valence electrons. The van der Waals surface area contributed by atoms with Crippen molar-refractivity contribution in [2.24, 2.45) is 5.92 Å². The van der Waals surface area contributed by atoms with Gasteiger partial charge >= 0.3 is 0 Å². The maximum absolute atomic E-state index is 11.9. The fourth-order valence-electron chi connectivity index (χ4n) is 2.05. The quantitative estimate of drug-likeness (QED) is 0.733. The van der Waals surface area contributed by atoms with E-state index in [1.165, 1.54) is 4.31 Å². The Morgan fingerprint density at radius 1 is 1.30 bits per heavy atom. The number of para-hydroxylation sites is 1. The summed E-state index contributed by atoms with van der Waals surface area (Å²) in [5.74, 6) is 0.744. The highest BCUT2D eigenvalue weighted by Gasteiger charge is 2.20. The molecule has 0 spiro atoms. The van der Waals surface area contributed by atoms with Crippen LogP contribution in [0.4, 0.5) is 0 Å². The van der Waals surface area contributed by atoms with Gasteiger partial charge in [-0.2, -0.15) is 4.31 Å². The summed E-state index contributed by atoms with van der Waals surface area (Å²) in [5.41, 5.74) is 0.909. The number of ether oxygens (including phenoxy) is 1. The molecule has 0 fully saturated rings. The number of sulfonamides is 1. The predicted octanol–water partition coefficient (Wildman–Crippen LogP) is 1.27. The van der Waals surface area contributed by atoms with E-state index in [4.69, 9.17) is 4.74 Å². The Labute approximate surface area is 138 Å². The molecule has 1 aromatic carbocycles.